The molecule has 236 valence electrons. The number of aryl methyl sites for hydroxylation is 2. The molecule has 0 saturated carbocycles. The third-order valence-corrected chi connectivity index (χ3v) is 13.9. The summed E-state index contributed by atoms with van der Waals surface area (Å²) in [5.41, 5.74) is 15.5. The highest BCUT2D eigenvalue weighted by molar-refractivity contribution is 8.05. The summed E-state index contributed by atoms with van der Waals surface area (Å²) in [7, 11) is 4.33. The molecular weight excluding hydrogens is 633 g/mol. The van der Waals surface area contributed by atoms with Crippen molar-refractivity contribution in [1.29, 1.82) is 0 Å². The largest absolute Gasteiger partial charge is 0.344 e. The van der Waals surface area contributed by atoms with Crippen molar-refractivity contribution < 1.29 is 0 Å². The fourth-order valence-corrected chi connectivity index (χ4v) is 11.6. The van der Waals surface area contributed by atoms with Crippen LogP contribution in [0.2, 0.25) is 0 Å². The second-order valence-corrected chi connectivity index (χ2v) is 16.3. The maximum Gasteiger partial charge on any atom is 0.0601 e. The molecule has 4 heteroatoms. The van der Waals surface area contributed by atoms with E-state index in [1.807, 2.05) is 23.5 Å². The van der Waals surface area contributed by atoms with E-state index in [0.29, 0.717) is 5.25 Å². The van der Waals surface area contributed by atoms with Crippen molar-refractivity contribution in [3.63, 3.8) is 0 Å². The molecule has 2 atom stereocenters. The summed E-state index contributed by atoms with van der Waals surface area (Å²) in [6.45, 7) is 2.45. The van der Waals surface area contributed by atoms with Crippen molar-refractivity contribution in [1.82, 2.24) is 9.13 Å². The lowest BCUT2D eigenvalue weighted by molar-refractivity contribution is 0.697. The van der Waals surface area contributed by atoms with Gasteiger partial charge in [0.15, 0.2) is 0 Å². The van der Waals surface area contributed by atoms with Gasteiger partial charge in [0.05, 0.1) is 10.00 Å². The Morgan fingerprint density at radius 3 is 1.59 bits per heavy atom. The Bertz CT molecular complexity index is 2620. The fourth-order valence-electron chi connectivity index (χ4n) is 8.15. The molecule has 0 spiro atoms. The van der Waals surface area contributed by atoms with Gasteiger partial charge in [-0.05, 0) is 100.0 Å². The Hall–Kier alpha value is -4.90. The average Bonchev–Trinajstić information content (AvgIpc) is 3.83. The molecule has 0 N–H and O–H groups in total. The van der Waals surface area contributed by atoms with Gasteiger partial charge < -0.3 is 9.13 Å². The number of nitrogens with zero attached hydrogens (tertiary/aromatic N) is 2. The first-order valence-corrected chi connectivity index (χ1v) is 18.6. The maximum absolute atomic E-state index is 2.45. The quantitative estimate of drug-likeness (QED) is 0.185. The van der Waals surface area contributed by atoms with Gasteiger partial charge in [-0.3, -0.25) is 0 Å². The number of hydrogen-bond acceptors (Lipinski definition) is 2. The lowest BCUT2D eigenvalue weighted by atomic mass is 9.90. The van der Waals surface area contributed by atoms with Crippen LogP contribution in [0.15, 0.2) is 155 Å². The van der Waals surface area contributed by atoms with Crippen molar-refractivity contribution in [2.45, 2.75) is 26.7 Å². The first kappa shape index (κ1) is 29.1. The van der Waals surface area contributed by atoms with Gasteiger partial charge >= 0.3 is 0 Å². The van der Waals surface area contributed by atoms with Crippen LogP contribution in [0.5, 0.6) is 0 Å². The molecule has 0 saturated heterocycles. The zero-order valence-corrected chi connectivity index (χ0v) is 29.3. The van der Waals surface area contributed by atoms with Gasteiger partial charge in [0, 0.05) is 57.1 Å². The molecule has 10 rings (SSSR count). The Morgan fingerprint density at radius 1 is 0.490 bits per heavy atom. The summed E-state index contributed by atoms with van der Waals surface area (Å²) in [6.07, 6.45) is 0. The number of benzene rings is 6. The SMILES string of the molecule is Cn1c(-c2cccc(-c3ccc4c(c3)SC3(C)c5ccc(-c6cccc(-c7cc8ccccc8n7C)c6)cc5SC43)c2)cc2ccccc21. The van der Waals surface area contributed by atoms with Crippen LogP contribution in [0.4, 0.5) is 0 Å². The van der Waals surface area contributed by atoms with Crippen molar-refractivity contribution >= 4 is 45.3 Å². The summed E-state index contributed by atoms with van der Waals surface area (Å²) in [5.74, 6) is 0. The van der Waals surface area contributed by atoms with Gasteiger partial charge in [0.25, 0.3) is 0 Å². The highest BCUT2D eigenvalue weighted by Crippen LogP contribution is 2.70. The van der Waals surface area contributed by atoms with Gasteiger partial charge in [-0.15, -0.1) is 23.5 Å². The molecule has 0 radical (unpaired) electrons. The lowest BCUT2D eigenvalue weighted by Crippen LogP contribution is -2.15. The summed E-state index contributed by atoms with van der Waals surface area (Å²) in [5, 5.41) is 2.95. The third-order valence-electron chi connectivity index (χ3n) is 10.8. The summed E-state index contributed by atoms with van der Waals surface area (Å²) >= 11 is 4.08. The molecular formula is C45H34N2S2. The van der Waals surface area contributed by atoms with E-state index in [4.69, 9.17) is 0 Å². The molecule has 0 fully saturated rings. The fraction of sp³-hybridized carbons (Fsp3) is 0.111. The summed E-state index contributed by atoms with van der Waals surface area (Å²) in [6, 6.07) is 54.2. The first-order valence-electron chi connectivity index (χ1n) is 16.9. The minimum Gasteiger partial charge on any atom is -0.344 e. The van der Waals surface area contributed by atoms with Gasteiger partial charge in [0.2, 0.25) is 0 Å². The third kappa shape index (κ3) is 4.44. The van der Waals surface area contributed by atoms with Crippen LogP contribution in [0.1, 0.15) is 23.3 Å². The lowest BCUT2D eigenvalue weighted by Gasteiger charge is -2.23. The molecule has 0 amide bonds. The van der Waals surface area contributed by atoms with E-state index in [2.05, 4.69) is 176 Å². The van der Waals surface area contributed by atoms with Crippen molar-refractivity contribution in [3.05, 3.63) is 157 Å². The van der Waals surface area contributed by atoms with Gasteiger partial charge in [-0.2, -0.15) is 0 Å². The number of aromatic nitrogens is 2. The summed E-state index contributed by atoms with van der Waals surface area (Å²) < 4.78 is 4.61. The number of thioether (sulfide) groups is 2. The van der Waals surface area contributed by atoms with E-state index < -0.39 is 0 Å². The van der Waals surface area contributed by atoms with Crippen molar-refractivity contribution in [2.24, 2.45) is 14.1 Å². The van der Waals surface area contributed by atoms with E-state index in [-0.39, 0.29) is 4.75 Å². The molecule has 2 unspecified atom stereocenters. The highest BCUT2D eigenvalue weighted by atomic mass is 32.2. The number of rotatable bonds is 4. The zero-order valence-electron chi connectivity index (χ0n) is 27.6. The molecule has 2 aliphatic heterocycles. The number of fused-ring (bicyclic) bond motifs is 7. The average molecular weight is 667 g/mol. The van der Waals surface area contributed by atoms with Gasteiger partial charge in [-0.1, -0.05) is 97.1 Å². The Kier molecular flexibility index (Phi) is 6.40. The minimum absolute atomic E-state index is 0.00940. The number of hydrogen-bond donors (Lipinski definition) is 0. The molecule has 0 bridgehead atoms. The van der Waals surface area contributed by atoms with Crippen LogP contribution in [0.25, 0.3) is 66.6 Å². The predicted molar refractivity (Wildman–Crippen MR) is 209 cm³/mol. The van der Waals surface area contributed by atoms with E-state index in [1.165, 1.54) is 87.5 Å². The molecule has 2 aromatic heterocycles. The van der Waals surface area contributed by atoms with Crippen molar-refractivity contribution in [3.8, 4) is 44.8 Å². The monoisotopic (exact) mass is 666 g/mol. The molecule has 4 heterocycles. The predicted octanol–water partition coefficient (Wildman–Crippen LogP) is 12.5. The highest BCUT2D eigenvalue weighted by Gasteiger charge is 2.51. The normalized spacial score (nSPS) is 17.8. The smallest absolute Gasteiger partial charge is 0.0601 e. The standard InChI is InChI=1S/C45H34N2S2/c1-45-37-21-19-31(29-13-9-15-33(23-29)41-25-35-11-5-7-17-39(35)47(41)3)27-43(37)48-44(45)36-20-18-30(26-42(36)49-45)28-12-8-14-32(22-28)40-24-34-10-4-6-16-38(34)46(40)2/h4-27,44H,1-3H3. The second-order valence-electron chi connectivity index (χ2n) is 13.6. The van der Waals surface area contributed by atoms with Crippen LogP contribution in [-0.2, 0) is 18.8 Å². The van der Waals surface area contributed by atoms with Crippen LogP contribution in [0, 0.1) is 0 Å². The molecule has 6 aromatic carbocycles. The topological polar surface area (TPSA) is 9.86 Å². The summed E-state index contributed by atoms with van der Waals surface area (Å²) in [4.78, 5) is 2.81. The second kappa shape index (κ2) is 10.8. The molecule has 49 heavy (non-hydrogen) atoms. The van der Waals surface area contributed by atoms with Gasteiger partial charge in [-0.25, -0.2) is 0 Å². The van der Waals surface area contributed by atoms with E-state index in [1.54, 1.807) is 0 Å². The van der Waals surface area contributed by atoms with E-state index >= 15 is 0 Å². The van der Waals surface area contributed by atoms with Crippen LogP contribution in [0.3, 0.4) is 0 Å². The Labute approximate surface area is 295 Å². The number of para-hydroxylation sites is 2. The van der Waals surface area contributed by atoms with E-state index in [9.17, 15) is 0 Å². The van der Waals surface area contributed by atoms with Crippen LogP contribution in [-0.4, -0.2) is 9.13 Å². The van der Waals surface area contributed by atoms with Crippen LogP contribution < -0.4 is 0 Å². The van der Waals surface area contributed by atoms with Crippen LogP contribution >= 0.6 is 23.5 Å². The first-order chi connectivity index (χ1) is 23.9. The van der Waals surface area contributed by atoms with Gasteiger partial charge in [0.1, 0.15) is 0 Å². The van der Waals surface area contributed by atoms with Crippen molar-refractivity contribution in [2.75, 3.05) is 0 Å². The molecule has 2 aliphatic rings. The molecule has 2 nitrogen and oxygen atoms in total. The zero-order chi connectivity index (χ0) is 32.9. The molecule has 0 aliphatic carbocycles. The van der Waals surface area contributed by atoms with E-state index in [0.717, 1.165) is 0 Å². The molecule has 8 aromatic rings. The Morgan fingerprint density at radius 2 is 1.00 bits per heavy atom. The maximum atomic E-state index is 2.45. The Balaban J connectivity index is 0.948. The minimum atomic E-state index is 0.00940.